The third-order valence-corrected chi connectivity index (χ3v) is 6.83. The molecule has 0 N–H and O–H groups in total. The van der Waals surface area contributed by atoms with E-state index < -0.39 is 6.85 Å². The van der Waals surface area contributed by atoms with Gasteiger partial charge in [-0.25, -0.2) is 0 Å². The molecule has 7 aromatic rings. The van der Waals surface area contributed by atoms with Crippen LogP contribution in [0.5, 0.6) is 0 Å². The second-order valence-corrected chi connectivity index (χ2v) is 9.61. The van der Waals surface area contributed by atoms with Gasteiger partial charge in [-0.05, 0) is 57.8 Å². The molecule has 0 aliphatic rings. The topological polar surface area (TPSA) is 25.8 Å². The quantitative estimate of drug-likeness (QED) is 0.135. The van der Waals surface area contributed by atoms with E-state index >= 15 is 0 Å². The minimum absolute atomic E-state index is 0. The largest absolute Gasteiger partial charge is 0.304 e. The molecule has 0 saturated heterocycles. The fourth-order valence-corrected chi connectivity index (χ4v) is 4.78. The summed E-state index contributed by atoms with van der Waals surface area (Å²) < 4.78 is 21.7. The van der Waals surface area contributed by atoms with Gasteiger partial charge in [0.2, 0.25) is 0 Å². The van der Waals surface area contributed by atoms with Crippen molar-refractivity contribution < 1.29 is 24.2 Å². The molecular formula is C38H28IrN2-2. The number of benzene rings is 5. The molecule has 0 atom stereocenters. The van der Waals surface area contributed by atoms with Gasteiger partial charge >= 0.3 is 0 Å². The van der Waals surface area contributed by atoms with Gasteiger partial charge in [-0.15, -0.1) is 65.7 Å². The summed E-state index contributed by atoms with van der Waals surface area (Å²) in [5.74, 6) is 0. The Bertz CT molecular complexity index is 1990. The molecule has 0 unspecified atom stereocenters. The Labute approximate surface area is 259 Å². The van der Waals surface area contributed by atoms with Crippen LogP contribution in [0, 0.1) is 25.9 Å². The molecule has 2 aromatic heterocycles. The van der Waals surface area contributed by atoms with Crippen LogP contribution in [0.1, 0.15) is 15.2 Å². The summed E-state index contributed by atoms with van der Waals surface area (Å²) in [5.41, 5.74) is 7.40. The number of aromatic nitrogens is 2. The Kier molecular flexibility index (Phi) is 7.62. The molecule has 2 nitrogen and oxygen atoms in total. The molecule has 1 radical (unpaired) electrons. The van der Waals surface area contributed by atoms with E-state index in [1.807, 2.05) is 30.5 Å². The average molecular weight is 708 g/mol. The Morgan fingerprint density at radius 3 is 1.90 bits per heavy atom. The Morgan fingerprint density at radius 2 is 1.27 bits per heavy atom. The van der Waals surface area contributed by atoms with Gasteiger partial charge in [0.05, 0.1) is 0 Å². The van der Waals surface area contributed by atoms with Crippen LogP contribution in [-0.2, 0) is 20.1 Å². The van der Waals surface area contributed by atoms with E-state index in [0.717, 1.165) is 28.1 Å². The standard InChI is InChI=1S/C26H18N.C12H10N.Ir/c1-18-10-15-26(27-17-18)20-13-11-19(12-14-20)25-16-21-6-2-3-7-22(21)23-8-4-5-9-24(23)25;1-10-7-8-12(13-9-10)11-5-3-2-4-6-11;/h2-13,15-17H,1H3;2-5,7-9H,1H3;/q2*-1;/i;1D3;. The van der Waals surface area contributed by atoms with Gasteiger partial charge in [0, 0.05) is 36.6 Å². The van der Waals surface area contributed by atoms with E-state index in [1.54, 1.807) is 18.2 Å². The van der Waals surface area contributed by atoms with Gasteiger partial charge in [0.1, 0.15) is 0 Å². The third-order valence-electron chi connectivity index (χ3n) is 6.83. The SMILES string of the molecule is Cc1ccc(-c2[c-]cc(-c3cc4ccccc4c4ccccc34)cc2)nc1.[2H]C([2H])([2H])c1ccc(-c2[c-]cccc2)nc1.[Ir]. The molecule has 0 aliphatic carbocycles. The maximum absolute atomic E-state index is 7.23. The Morgan fingerprint density at radius 1 is 0.610 bits per heavy atom. The second-order valence-electron chi connectivity index (χ2n) is 9.61. The monoisotopic (exact) mass is 708 g/mol. The smallest absolute Gasteiger partial charge is 0.0280 e. The van der Waals surface area contributed by atoms with Crippen LogP contribution >= 0.6 is 0 Å². The summed E-state index contributed by atoms with van der Waals surface area (Å²) >= 11 is 0. The van der Waals surface area contributed by atoms with Crippen molar-refractivity contribution in [2.24, 2.45) is 0 Å². The number of nitrogens with zero attached hydrogens (tertiary/aromatic N) is 2. The average Bonchev–Trinajstić information content (AvgIpc) is 3.05. The van der Waals surface area contributed by atoms with Crippen molar-refractivity contribution in [2.45, 2.75) is 13.8 Å². The van der Waals surface area contributed by atoms with Crippen LogP contribution in [0.15, 0.2) is 134 Å². The van der Waals surface area contributed by atoms with E-state index in [1.165, 1.54) is 38.9 Å². The number of rotatable bonds is 3. The van der Waals surface area contributed by atoms with Gasteiger partial charge in [0.25, 0.3) is 0 Å². The second kappa shape index (κ2) is 12.8. The van der Waals surface area contributed by atoms with Crippen molar-refractivity contribution >= 4 is 21.5 Å². The predicted molar refractivity (Wildman–Crippen MR) is 167 cm³/mol. The van der Waals surface area contributed by atoms with Crippen LogP contribution in [0.2, 0.25) is 0 Å². The maximum atomic E-state index is 7.23. The van der Waals surface area contributed by atoms with Gasteiger partial charge in [-0.3, -0.25) is 0 Å². The van der Waals surface area contributed by atoms with Crippen molar-refractivity contribution in [2.75, 3.05) is 0 Å². The minimum Gasteiger partial charge on any atom is -0.304 e. The number of hydrogen-bond donors (Lipinski definition) is 0. The van der Waals surface area contributed by atoms with Gasteiger partial charge in [-0.1, -0.05) is 90.0 Å². The Balaban J connectivity index is 0.000000194. The first-order valence-electron chi connectivity index (χ1n) is 14.7. The fraction of sp³-hybridized carbons (Fsp3) is 0.0526. The Hall–Kier alpha value is -4.43. The van der Waals surface area contributed by atoms with E-state index in [2.05, 4.69) is 108 Å². The first-order valence-corrected chi connectivity index (χ1v) is 13.2. The van der Waals surface area contributed by atoms with E-state index in [4.69, 9.17) is 4.11 Å². The molecule has 0 aliphatic heterocycles. The van der Waals surface area contributed by atoms with Crippen LogP contribution in [0.3, 0.4) is 0 Å². The normalized spacial score (nSPS) is 11.9. The van der Waals surface area contributed by atoms with E-state index in [9.17, 15) is 0 Å². The summed E-state index contributed by atoms with van der Waals surface area (Å²) in [6.45, 7) is -0.0413. The summed E-state index contributed by atoms with van der Waals surface area (Å²) in [4.78, 5) is 8.63. The summed E-state index contributed by atoms with van der Waals surface area (Å²) in [5, 5.41) is 5.11. The molecule has 2 heterocycles. The molecule has 7 rings (SSSR count). The zero-order chi connectivity index (χ0) is 29.8. The molecule has 0 spiro atoms. The molecule has 41 heavy (non-hydrogen) atoms. The predicted octanol–water partition coefficient (Wildman–Crippen LogP) is 9.69. The summed E-state index contributed by atoms with van der Waals surface area (Å²) in [6.07, 6.45) is 3.29. The van der Waals surface area contributed by atoms with Crippen molar-refractivity contribution in [1.29, 1.82) is 0 Å². The van der Waals surface area contributed by atoms with Crippen molar-refractivity contribution in [3.05, 3.63) is 157 Å². The van der Waals surface area contributed by atoms with Crippen LogP contribution in [0.25, 0.3) is 55.2 Å². The number of fused-ring (bicyclic) bond motifs is 3. The molecule has 0 amide bonds. The zero-order valence-electron chi connectivity index (χ0n) is 25.4. The first kappa shape index (κ1) is 24.4. The summed E-state index contributed by atoms with van der Waals surface area (Å²) in [6, 6.07) is 47.2. The molecule has 0 saturated carbocycles. The molecule has 0 fully saturated rings. The molecule has 0 bridgehead atoms. The van der Waals surface area contributed by atoms with Gasteiger partial charge in [-0.2, -0.15) is 0 Å². The van der Waals surface area contributed by atoms with Crippen LogP contribution < -0.4 is 0 Å². The van der Waals surface area contributed by atoms with E-state index in [0.29, 0.717) is 0 Å². The first-order chi connectivity index (χ1) is 20.9. The van der Waals surface area contributed by atoms with Crippen LogP contribution in [0.4, 0.5) is 0 Å². The van der Waals surface area contributed by atoms with E-state index in [-0.39, 0.29) is 25.7 Å². The molecule has 3 heteroatoms. The number of hydrogen-bond acceptors (Lipinski definition) is 2. The molecule has 201 valence electrons. The number of aryl methyl sites for hydroxylation is 2. The molecular weight excluding hydrogens is 677 g/mol. The fourth-order valence-electron chi connectivity index (χ4n) is 4.78. The van der Waals surface area contributed by atoms with Gasteiger partial charge < -0.3 is 9.97 Å². The third kappa shape index (κ3) is 6.33. The number of pyridine rings is 2. The zero-order valence-corrected chi connectivity index (χ0v) is 24.8. The minimum atomic E-state index is -2.09. The summed E-state index contributed by atoms with van der Waals surface area (Å²) in [7, 11) is 0. The van der Waals surface area contributed by atoms with Crippen molar-refractivity contribution in [1.82, 2.24) is 9.97 Å². The van der Waals surface area contributed by atoms with Crippen molar-refractivity contribution in [3.8, 4) is 33.6 Å². The van der Waals surface area contributed by atoms with Gasteiger partial charge in [0.15, 0.2) is 0 Å². The van der Waals surface area contributed by atoms with Crippen LogP contribution in [-0.4, -0.2) is 9.97 Å². The maximum Gasteiger partial charge on any atom is 0.0280 e. The van der Waals surface area contributed by atoms with Crippen molar-refractivity contribution in [3.63, 3.8) is 0 Å². The molecule has 5 aromatic carbocycles.